The lowest BCUT2D eigenvalue weighted by Crippen LogP contribution is -2.34. The summed E-state index contributed by atoms with van der Waals surface area (Å²) in [5, 5.41) is 12.1. The molecule has 0 fully saturated rings. The Labute approximate surface area is 123 Å². The average Bonchev–Trinajstić information content (AvgIpc) is 2.96. The molecule has 0 aliphatic rings. The van der Waals surface area contributed by atoms with Gasteiger partial charge in [0.15, 0.2) is 0 Å². The minimum atomic E-state index is -0.105. The van der Waals surface area contributed by atoms with Crippen LogP contribution in [0.4, 0.5) is 0 Å². The number of tetrazole rings is 1. The summed E-state index contributed by atoms with van der Waals surface area (Å²) < 4.78 is 0. The highest BCUT2D eigenvalue weighted by molar-refractivity contribution is 5.76. The van der Waals surface area contributed by atoms with Crippen molar-refractivity contribution in [1.82, 2.24) is 25.1 Å². The van der Waals surface area contributed by atoms with Gasteiger partial charge >= 0.3 is 0 Å². The molecule has 0 N–H and O–H groups in total. The fourth-order valence-electron chi connectivity index (χ4n) is 1.82. The summed E-state index contributed by atoms with van der Waals surface area (Å²) in [5.41, 5.74) is 0.866. The highest BCUT2D eigenvalue weighted by atomic mass is 16.2. The standard InChI is InChI=1S/C15H17N5O/c1-3-10-19(11-4-2)14(21)12-20-17-15(16-18-20)13-8-6-5-7-9-13/h3-9H,1-2,10-12H2. The molecule has 2 aromatic rings. The maximum atomic E-state index is 12.1. The number of hydrogen-bond acceptors (Lipinski definition) is 4. The minimum Gasteiger partial charge on any atom is -0.334 e. The summed E-state index contributed by atoms with van der Waals surface area (Å²) >= 11 is 0. The Morgan fingerprint density at radius 2 is 1.86 bits per heavy atom. The Kier molecular flexibility index (Phi) is 4.98. The van der Waals surface area contributed by atoms with Crippen molar-refractivity contribution in [2.24, 2.45) is 0 Å². The molecule has 0 aliphatic heterocycles. The molecule has 0 saturated carbocycles. The molecule has 1 amide bonds. The smallest absolute Gasteiger partial charge is 0.246 e. The van der Waals surface area contributed by atoms with E-state index in [1.807, 2.05) is 30.3 Å². The quantitative estimate of drug-likeness (QED) is 0.723. The van der Waals surface area contributed by atoms with Gasteiger partial charge in [-0.25, -0.2) is 0 Å². The second-order valence-corrected chi connectivity index (χ2v) is 4.39. The fourth-order valence-corrected chi connectivity index (χ4v) is 1.82. The lowest BCUT2D eigenvalue weighted by Gasteiger charge is -2.18. The third kappa shape index (κ3) is 3.85. The number of rotatable bonds is 7. The van der Waals surface area contributed by atoms with Gasteiger partial charge in [-0.2, -0.15) is 4.80 Å². The molecule has 0 atom stereocenters. The SMILES string of the molecule is C=CCN(CC=C)C(=O)Cn1nnc(-c2ccccc2)n1. The van der Waals surface area contributed by atoms with Crippen LogP contribution in [0.1, 0.15) is 0 Å². The van der Waals surface area contributed by atoms with Gasteiger partial charge in [-0.3, -0.25) is 4.79 Å². The van der Waals surface area contributed by atoms with E-state index in [0.717, 1.165) is 5.56 Å². The van der Waals surface area contributed by atoms with Gasteiger partial charge in [-0.15, -0.1) is 23.4 Å². The largest absolute Gasteiger partial charge is 0.334 e. The number of benzene rings is 1. The molecule has 1 heterocycles. The van der Waals surface area contributed by atoms with Crippen LogP contribution >= 0.6 is 0 Å². The molecule has 1 aromatic heterocycles. The van der Waals surface area contributed by atoms with E-state index < -0.39 is 0 Å². The molecule has 2 rings (SSSR count). The predicted molar refractivity (Wildman–Crippen MR) is 80.2 cm³/mol. The zero-order valence-corrected chi connectivity index (χ0v) is 11.7. The summed E-state index contributed by atoms with van der Waals surface area (Å²) in [6, 6.07) is 9.50. The van der Waals surface area contributed by atoms with Gasteiger partial charge in [-0.05, 0) is 5.21 Å². The molecule has 0 aliphatic carbocycles. The van der Waals surface area contributed by atoms with Gasteiger partial charge in [0.1, 0.15) is 6.54 Å². The number of nitrogens with zero attached hydrogens (tertiary/aromatic N) is 5. The molecule has 0 spiro atoms. The van der Waals surface area contributed by atoms with Crippen LogP contribution < -0.4 is 0 Å². The third-order valence-electron chi connectivity index (χ3n) is 2.81. The monoisotopic (exact) mass is 283 g/mol. The second-order valence-electron chi connectivity index (χ2n) is 4.39. The van der Waals surface area contributed by atoms with Crippen LogP contribution in [-0.4, -0.2) is 44.1 Å². The molecule has 108 valence electrons. The van der Waals surface area contributed by atoms with Crippen molar-refractivity contribution >= 4 is 5.91 Å². The van der Waals surface area contributed by atoms with E-state index in [1.165, 1.54) is 4.80 Å². The van der Waals surface area contributed by atoms with Gasteiger partial charge in [0, 0.05) is 18.7 Å². The van der Waals surface area contributed by atoms with Crippen LogP contribution in [0, 0.1) is 0 Å². The fraction of sp³-hybridized carbons (Fsp3) is 0.200. The van der Waals surface area contributed by atoms with E-state index >= 15 is 0 Å². The van der Waals surface area contributed by atoms with Gasteiger partial charge in [-0.1, -0.05) is 42.5 Å². The van der Waals surface area contributed by atoms with Crippen molar-refractivity contribution in [3.63, 3.8) is 0 Å². The van der Waals surface area contributed by atoms with Crippen LogP contribution in [0.25, 0.3) is 11.4 Å². The van der Waals surface area contributed by atoms with E-state index in [1.54, 1.807) is 17.1 Å². The summed E-state index contributed by atoms with van der Waals surface area (Å²) in [6.45, 7) is 8.24. The molecule has 0 bridgehead atoms. The molecule has 1 aromatic carbocycles. The van der Waals surface area contributed by atoms with E-state index in [4.69, 9.17) is 0 Å². The Hall–Kier alpha value is -2.76. The van der Waals surface area contributed by atoms with E-state index in [-0.39, 0.29) is 12.5 Å². The predicted octanol–water partition coefficient (Wildman–Crippen LogP) is 1.54. The number of carbonyl (C=O) groups excluding carboxylic acids is 1. The summed E-state index contributed by atoms with van der Waals surface area (Å²) in [4.78, 5) is 15.1. The van der Waals surface area contributed by atoms with E-state index in [2.05, 4.69) is 28.6 Å². The molecule has 0 saturated heterocycles. The lowest BCUT2D eigenvalue weighted by atomic mass is 10.2. The van der Waals surface area contributed by atoms with Gasteiger partial charge in [0.2, 0.25) is 11.7 Å². The Morgan fingerprint density at radius 3 is 2.48 bits per heavy atom. The first-order chi connectivity index (χ1) is 10.2. The van der Waals surface area contributed by atoms with Crippen LogP contribution in [0.5, 0.6) is 0 Å². The Balaban J connectivity index is 2.06. The zero-order valence-electron chi connectivity index (χ0n) is 11.7. The molecular weight excluding hydrogens is 266 g/mol. The summed E-state index contributed by atoms with van der Waals surface area (Å²) in [5.74, 6) is 0.397. The third-order valence-corrected chi connectivity index (χ3v) is 2.81. The second kappa shape index (κ2) is 7.14. The number of aromatic nitrogens is 4. The first kappa shape index (κ1) is 14.6. The maximum Gasteiger partial charge on any atom is 0.246 e. The van der Waals surface area contributed by atoms with Crippen molar-refractivity contribution in [3.8, 4) is 11.4 Å². The van der Waals surface area contributed by atoms with Crippen molar-refractivity contribution in [1.29, 1.82) is 0 Å². The van der Waals surface area contributed by atoms with Crippen LogP contribution in [0.15, 0.2) is 55.6 Å². The topological polar surface area (TPSA) is 63.9 Å². The van der Waals surface area contributed by atoms with Crippen LogP contribution in [0.3, 0.4) is 0 Å². The van der Waals surface area contributed by atoms with Crippen LogP contribution in [0.2, 0.25) is 0 Å². The first-order valence-electron chi connectivity index (χ1n) is 6.57. The molecule has 6 heteroatoms. The van der Waals surface area contributed by atoms with Crippen molar-refractivity contribution in [2.45, 2.75) is 6.54 Å². The maximum absolute atomic E-state index is 12.1. The van der Waals surface area contributed by atoms with Crippen molar-refractivity contribution in [2.75, 3.05) is 13.1 Å². The number of carbonyl (C=O) groups is 1. The molecule has 0 unspecified atom stereocenters. The van der Waals surface area contributed by atoms with E-state index in [9.17, 15) is 4.79 Å². The lowest BCUT2D eigenvalue weighted by molar-refractivity contribution is -0.131. The molecular formula is C15H17N5O. The molecule has 6 nitrogen and oxygen atoms in total. The van der Waals surface area contributed by atoms with Crippen molar-refractivity contribution in [3.05, 3.63) is 55.6 Å². The minimum absolute atomic E-state index is 0.0432. The summed E-state index contributed by atoms with van der Waals surface area (Å²) in [7, 11) is 0. The normalized spacial score (nSPS) is 10.1. The highest BCUT2D eigenvalue weighted by Crippen LogP contribution is 2.11. The van der Waals surface area contributed by atoms with Crippen molar-refractivity contribution < 1.29 is 4.79 Å². The Morgan fingerprint density at radius 1 is 1.19 bits per heavy atom. The highest BCUT2D eigenvalue weighted by Gasteiger charge is 2.14. The first-order valence-corrected chi connectivity index (χ1v) is 6.57. The number of hydrogen-bond donors (Lipinski definition) is 0. The van der Waals surface area contributed by atoms with E-state index in [0.29, 0.717) is 18.9 Å². The molecule has 0 radical (unpaired) electrons. The van der Waals surface area contributed by atoms with Crippen LogP contribution in [-0.2, 0) is 11.3 Å². The Bertz CT molecular complexity index is 610. The average molecular weight is 283 g/mol. The van der Waals surface area contributed by atoms with Gasteiger partial charge < -0.3 is 4.90 Å². The number of amides is 1. The zero-order chi connectivity index (χ0) is 15.1. The summed E-state index contributed by atoms with van der Waals surface area (Å²) in [6.07, 6.45) is 3.34. The molecule has 21 heavy (non-hydrogen) atoms. The van der Waals surface area contributed by atoms with Gasteiger partial charge in [0.25, 0.3) is 0 Å². The van der Waals surface area contributed by atoms with Gasteiger partial charge in [0.05, 0.1) is 0 Å².